The predicted molar refractivity (Wildman–Crippen MR) is 131 cm³/mol. The number of aromatic nitrogens is 2. The molecule has 0 aromatic carbocycles. The van der Waals surface area contributed by atoms with Crippen molar-refractivity contribution in [2.24, 2.45) is 0 Å². The van der Waals surface area contributed by atoms with Crippen LogP contribution < -0.4 is 21.9 Å². The van der Waals surface area contributed by atoms with E-state index in [4.69, 9.17) is 14.2 Å². The molecule has 13 nitrogen and oxygen atoms in total. The summed E-state index contributed by atoms with van der Waals surface area (Å²) in [5, 5.41) is 15.1. The highest BCUT2D eigenvalue weighted by Crippen LogP contribution is 2.34. The topological polar surface area (TPSA) is 189 Å². The van der Waals surface area contributed by atoms with Crippen molar-refractivity contribution in [3.8, 4) is 0 Å². The summed E-state index contributed by atoms with van der Waals surface area (Å²) >= 11 is 0. The molecule has 2 amide bonds. The zero-order valence-corrected chi connectivity index (χ0v) is 21.5. The number of aliphatic hydroxyl groups excluding tert-OH is 1. The van der Waals surface area contributed by atoms with E-state index in [2.05, 4.69) is 15.6 Å². The van der Waals surface area contributed by atoms with E-state index in [9.17, 15) is 28.8 Å². The fourth-order valence-corrected chi connectivity index (χ4v) is 4.43. The lowest BCUT2D eigenvalue weighted by molar-refractivity contribution is -0.121. The van der Waals surface area contributed by atoms with Gasteiger partial charge in [-0.1, -0.05) is 19.8 Å². The number of carbonyl (C=O) groups excluding carboxylic acids is 2. The third-order valence-electron chi connectivity index (χ3n) is 5.81. The van der Waals surface area contributed by atoms with E-state index in [1.165, 1.54) is 6.20 Å². The van der Waals surface area contributed by atoms with Crippen LogP contribution in [0.2, 0.25) is 0 Å². The number of amides is 2. The molecule has 0 saturated carbocycles. The third-order valence-corrected chi connectivity index (χ3v) is 6.32. The number of nitrogens with one attached hydrogen (secondary N) is 3. The Labute approximate surface area is 209 Å². The first-order chi connectivity index (χ1) is 17.2. The first-order valence-corrected chi connectivity index (χ1v) is 13.5. The number of H-pyrrole nitrogens is 1. The van der Waals surface area contributed by atoms with E-state index in [-0.39, 0.29) is 36.6 Å². The molecule has 2 heterocycles. The van der Waals surface area contributed by atoms with Gasteiger partial charge in [-0.05, 0) is 25.7 Å². The van der Waals surface area contributed by atoms with E-state index < -0.39 is 44.5 Å². The number of aliphatic hydroxyl groups is 1. The van der Waals surface area contributed by atoms with Crippen LogP contribution in [0.3, 0.4) is 0 Å². The van der Waals surface area contributed by atoms with Gasteiger partial charge in [0.2, 0.25) is 11.8 Å². The zero-order valence-electron chi connectivity index (χ0n) is 20.5. The van der Waals surface area contributed by atoms with Crippen molar-refractivity contribution in [1.29, 1.82) is 0 Å². The Morgan fingerprint density at radius 3 is 2.39 bits per heavy atom. The standard InChI is InChI=1S/C22H37N4O9P/c1-2-7-18(28)23-10-5-3-4-6-11-24-19(29)9-8-15-13-26(22(31)25-21(15)30)20-12-16(35-36(32)33)17(14-27)34-20/h13,16-17,20,27,36H,2-12,14H2,1H3,(H,23,28)(H,24,29)(H,32,33)(H,25,30,31)/t16?,17-,20-/m1/s1. The molecule has 2 rings (SSSR count). The Balaban J connectivity index is 1.77. The van der Waals surface area contributed by atoms with Crippen molar-refractivity contribution in [2.45, 2.75) is 83.1 Å². The van der Waals surface area contributed by atoms with Crippen molar-refractivity contribution < 1.29 is 33.4 Å². The Morgan fingerprint density at radius 1 is 1.17 bits per heavy atom. The van der Waals surface area contributed by atoms with E-state index in [1.54, 1.807) is 0 Å². The van der Waals surface area contributed by atoms with E-state index in [1.807, 2.05) is 6.92 Å². The molecule has 36 heavy (non-hydrogen) atoms. The van der Waals surface area contributed by atoms with Crippen LogP contribution in [0.15, 0.2) is 15.8 Å². The lowest BCUT2D eigenvalue weighted by Gasteiger charge is -2.15. The minimum absolute atomic E-state index is 0.0270. The van der Waals surface area contributed by atoms with Crippen LogP contribution in [0.5, 0.6) is 0 Å². The highest BCUT2D eigenvalue weighted by molar-refractivity contribution is 7.32. The third kappa shape index (κ3) is 9.98. The molecule has 1 aliphatic heterocycles. The second-order valence-electron chi connectivity index (χ2n) is 8.65. The van der Waals surface area contributed by atoms with Gasteiger partial charge in [-0.3, -0.25) is 28.5 Å². The summed E-state index contributed by atoms with van der Waals surface area (Å²) in [6, 6.07) is 0. The summed E-state index contributed by atoms with van der Waals surface area (Å²) in [5.74, 6) is -0.152. The van der Waals surface area contributed by atoms with Crippen molar-refractivity contribution >= 4 is 20.1 Å². The maximum absolute atomic E-state index is 12.3. The van der Waals surface area contributed by atoms with Crippen molar-refractivity contribution in [3.05, 3.63) is 32.6 Å². The van der Waals surface area contributed by atoms with Crippen LogP contribution in [0, 0.1) is 0 Å². The number of ether oxygens (including phenoxy) is 1. The van der Waals surface area contributed by atoms with E-state index in [0.29, 0.717) is 19.5 Å². The first-order valence-electron chi connectivity index (χ1n) is 12.3. The van der Waals surface area contributed by atoms with Gasteiger partial charge in [0.15, 0.2) is 0 Å². The number of nitrogens with zero attached hydrogens (tertiary/aromatic N) is 1. The van der Waals surface area contributed by atoms with Crippen LogP contribution >= 0.6 is 8.25 Å². The van der Waals surface area contributed by atoms with Crippen LogP contribution in [0.1, 0.15) is 70.1 Å². The average Bonchev–Trinajstić information content (AvgIpc) is 3.22. The largest absolute Gasteiger partial charge is 0.394 e. The van der Waals surface area contributed by atoms with E-state index >= 15 is 0 Å². The Hall–Kier alpha value is -2.31. The monoisotopic (exact) mass is 532 g/mol. The Kier molecular flexibility index (Phi) is 13.1. The first kappa shape index (κ1) is 29.9. The van der Waals surface area contributed by atoms with E-state index in [0.717, 1.165) is 36.7 Å². The molecule has 0 radical (unpaired) electrons. The maximum atomic E-state index is 12.3. The molecule has 1 aromatic rings. The lowest BCUT2D eigenvalue weighted by Crippen LogP contribution is -2.35. The molecule has 2 unspecified atom stereocenters. The number of rotatable bonds is 16. The molecular formula is C22H37N4O9P. The molecule has 0 aliphatic carbocycles. The van der Waals surface area contributed by atoms with Crippen molar-refractivity contribution in [3.63, 3.8) is 0 Å². The highest BCUT2D eigenvalue weighted by atomic mass is 31.1. The minimum atomic E-state index is -3.27. The summed E-state index contributed by atoms with van der Waals surface area (Å²) in [7, 11) is -3.27. The second kappa shape index (κ2) is 15.7. The van der Waals surface area contributed by atoms with Gasteiger partial charge in [0, 0.05) is 44.1 Å². The molecule has 4 atom stereocenters. The number of aryl methyl sites for hydroxylation is 1. The fourth-order valence-electron chi connectivity index (χ4n) is 3.92. The summed E-state index contributed by atoms with van der Waals surface area (Å²) < 4.78 is 22.6. The summed E-state index contributed by atoms with van der Waals surface area (Å²) in [6.07, 6.45) is 3.70. The predicted octanol–water partition coefficient (Wildman–Crippen LogP) is 0.109. The molecule has 1 aliphatic rings. The fraction of sp³-hybridized carbons (Fsp3) is 0.727. The highest BCUT2D eigenvalue weighted by Gasteiger charge is 2.38. The Morgan fingerprint density at radius 2 is 1.81 bits per heavy atom. The summed E-state index contributed by atoms with van der Waals surface area (Å²) in [4.78, 5) is 59.3. The van der Waals surface area contributed by atoms with Crippen LogP contribution in [0.4, 0.5) is 0 Å². The van der Waals surface area contributed by atoms with Gasteiger partial charge in [0.05, 0.1) is 12.7 Å². The van der Waals surface area contributed by atoms with Crippen molar-refractivity contribution in [2.75, 3.05) is 19.7 Å². The van der Waals surface area contributed by atoms with Gasteiger partial charge in [-0.25, -0.2) is 4.79 Å². The Bertz CT molecular complexity index is 996. The van der Waals surface area contributed by atoms with Gasteiger partial charge in [0.25, 0.3) is 5.56 Å². The smallest absolute Gasteiger partial charge is 0.330 e. The normalized spacial score (nSPS) is 20.2. The van der Waals surface area contributed by atoms with Crippen LogP contribution in [-0.4, -0.2) is 63.3 Å². The molecule has 0 spiro atoms. The SMILES string of the molecule is CCCC(=O)NCCCCCCNC(=O)CCc1cn([C@H]2CC(O[PH](=O)O)[C@@H](CO)O2)c(=O)[nH]c1=O. The zero-order chi connectivity index (χ0) is 26.5. The quantitative estimate of drug-likeness (QED) is 0.145. The second-order valence-corrected chi connectivity index (χ2v) is 9.42. The number of carbonyl (C=O) groups is 2. The lowest BCUT2D eigenvalue weighted by atomic mass is 10.1. The van der Waals surface area contributed by atoms with Crippen molar-refractivity contribution in [1.82, 2.24) is 20.2 Å². The van der Waals surface area contributed by atoms with Crippen LogP contribution in [0.25, 0.3) is 0 Å². The molecule has 1 aromatic heterocycles. The number of hydrogen-bond donors (Lipinski definition) is 5. The van der Waals surface area contributed by atoms with Gasteiger partial charge in [0.1, 0.15) is 12.3 Å². The molecule has 5 N–H and O–H groups in total. The number of unbranched alkanes of at least 4 members (excludes halogenated alkanes) is 3. The maximum Gasteiger partial charge on any atom is 0.330 e. The molecule has 0 bridgehead atoms. The average molecular weight is 533 g/mol. The minimum Gasteiger partial charge on any atom is -0.394 e. The summed E-state index contributed by atoms with van der Waals surface area (Å²) in [6.45, 7) is 2.65. The molecule has 1 saturated heterocycles. The molecule has 1 fully saturated rings. The molecular weight excluding hydrogens is 495 g/mol. The number of aromatic amines is 1. The molecule has 204 valence electrons. The van der Waals surface area contributed by atoms with Crippen LogP contribution in [-0.2, 0) is 29.8 Å². The van der Waals surface area contributed by atoms with Gasteiger partial charge < -0.3 is 29.9 Å². The van der Waals surface area contributed by atoms with Gasteiger partial charge in [-0.2, -0.15) is 0 Å². The van der Waals surface area contributed by atoms with Gasteiger partial charge >= 0.3 is 13.9 Å². The van der Waals surface area contributed by atoms with Gasteiger partial charge in [-0.15, -0.1) is 0 Å². The number of hydrogen-bond acceptors (Lipinski definition) is 8. The summed E-state index contributed by atoms with van der Waals surface area (Å²) in [5.41, 5.74) is -1.14. The molecule has 14 heteroatoms.